The van der Waals surface area contributed by atoms with Crippen molar-refractivity contribution in [2.75, 3.05) is 25.5 Å². The average molecular weight is 278 g/mol. The second-order valence-corrected chi connectivity index (χ2v) is 3.38. The molecule has 0 saturated carbocycles. The van der Waals surface area contributed by atoms with Gasteiger partial charge in [0.2, 0.25) is 0 Å². The van der Waals surface area contributed by atoms with E-state index in [1.807, 2.05) is 19.2 Å². The number of hydrogen-bond donors (Lipinski definition) is 2. The number of nitrogens with zero attached hydrogens (tertiary/aromatic N) is 2. The molecule has 1 aromatic heterocycles. The predicted molar refractivity (Wildman–Crippen MR) is 57.2 cm³/mol. The Balaban J connectivity index is 2.37. The van der Waals surface area contributed by atoms with Crippen LogP contribution in [-0.4, -0.2) is 30.3 Å². The minimum absolute atomic E-state index is 0.825. The van der Waals surface area contributed by atoms with Gasteiger partial charge in [-0.1, -0.05) is 0 Å². The van der Waals surface area contributed by atoms with Crippen molar-refractivity contribution in [2.24, 2.45) is 0 Å². The molecule has 66 valence electrons. The van der Waals surface area contributed by atoms with Crippen molar-refractivity contribution in [3.05, 3.63) is 15.8 Å². The van der Waals surface area contributed by atoms with Crippen molar-refractivity contribution in [1.82, 2.24) is 15.5 Å². The lowest BCUT2D eigenvalue weighted by atomic mass is 10.5. The molecule has 0 spiro atoms. The molecule has 1 rings (SSSR count). The fourth-order valence-corrected chi connectivity index (χ4v) is 1.01. The van der Waals surface area contributed by atoms with Crippen LogP contribution in [0.15, 0.2) is 12.1 Å². The average Bonchev–Trinajstić information content (AvgIpc) is 2.09. The Morgan fingerprint density at radius 2 is 2.17 bits per heavy atom. The predicted octanol–water partition coefficient (Wildman–Crippen LogP) is 0.712. The molecular formula is C7H11IN4. The van der Waals surface area contributed by atoms with Gasteiger partial charge in [-0.05, 0) is 41.8 Å². The van der Waals surface area contributed by atoms with Crippen molar-refractivity contribution in [1.29, 1.82) is 0 Å². The Morgan fingerprint density at radius 3 is 2.75 bits per heavy atom. The van der Waals surface area contributed by atoms with E-state index in [9.17, 15) is 0 Å². The van der Waals surface area contributed by atoms with Crippen molar-refractivity contribution in [3.8, 4) is 0 Å². The molecule has 0 unspecified atom stereocenters. The summed E-state index contributed by atoms with van der Waals surface area (Å²) >= 11 is 2.13. The van der Waals surface area contributed by atoms with Gasteiger partial charge in [0.1, 0.15) is 9.52 Å². The summed E-state index contributed by atoms with van der Waals surface area (Å²) in [7, 11) is 1.92. The van der Waals surface area contributed by atoms with Crippen LogP contribution in [0, 0.1) is 3.70 Å². The van der Waals surface area contributed by atoms with Crippen molar-refractivity contribution >= 4 is 28.4 Å². The fraction of sp³-hybridized carbons (Fsp3) is 0.429. The number of anilines is 1. The Hall–Kier alpha value is -0.430. The third-order valence-electron chi connectivity index (χ3n) is 1.31. The Kier molecular flexibility index (Phi) is 4.23. The lowest BCUT2D eigenvalue weighted by Crippen LogP contribution is -2.18. The van der Waals surface area contributed by atoms with Crippen LogP contribution in [-0.2, 0) is 0 Å². The van der Waals surface area contributed by atoms with E-state index in [0.717, 1.165) is 22.6 Å². The molecule has 4 nitrogen and oxygen atoms in total. The summed E-state index contributed by atoms with van der Waals surface area (Å²) in [6, 6.07) is 3.85. The maximum Gasteiger partial charge on any atom is 0.148 e. The normalized spacial score (nSPS) is 9.83. The van der Waals surface area contributed by atoms with Crippen molar-refractivity contribution < 1.29 is 0 Å². The summed E-state index contributed by atoms with van der Waals surface area (Å²) in [6.07, 6.45) is 0. The van der Waals surface area contributed by atoms with E-state index < -0.39 is 0 Å². The minimum Gasteiger partial charge on any atom is -0.367 e. The van der Waals surface area contributed by atoms with Gasteiger partial charge >= 0.3 is 0 Å². The summed E-state index contributed by atoms with van der Waals surface area (Å²) in [5.74, 6) is 0.825. The highest BCUT2D eigenvalue weighted by Gasteiger charge is 1.92. The van der Waals surface area contributed by atoms with E-state index in [4.69, 9.17) is 0 Å². The minimum atomic E-state index is 0.825. The molecule has 5 heteroatoms. The van der Waals surface area contributed by atoms with Crippen LogP contribution in [0.1, 0.15) is 0 Å². The van der Waals surface area contributed by atoms with Gasteiger partial charge in [0, 0.05) is 13.1 Å². The maximum atomic E-state index is 3.95. The number of halogens is 1. The highest BCUT2D eigenvalue weighted by atomic mass is 127. The summed E-state index contributed by atoms with van der Waals surface area (Å²) in [5.41, 5.74) is 0. The van der Waals surface area contributed by atoms with E-state index in [2.05, 4.69) is 43.4 Å². The molecule has 0 atom stereocenters. The quantitative estimate of drug-likeness (QED) is 0.629. The van der Waals surface area contributed by atoms with E-state index in [-0.39, 0.29) is 0 Å². The molecule has 0 aliphatic heterocycles. The second kappa shape index (κ2) is 5.26. The Labute approximate surface area is 85.3 Å². The van der Waals surface area contributed by atoms with Gasteiger partial charge in [-0.3, -0.25) is 0 Å². The van der Waals surface area contributed by atoms with Gasteiger partial charge in [-0.2, -0.15) is 0 Å². The largest absolute Gasteiger partial charge is 0.367 e. The SMILES string of the molecule is CNCCNc1ccc(I)nn1. The zero-order valence-electron chi connectivity index (χ0n) is 6.84. The standard InChI is InChI=1S/C7H11IN4/c1-9-4-5-10-7-3-2-6(8)11-12-7/h2-3,9H,4-5H2,1H3,(H,10,12). The fourth-order valence-electron chi connectivity index (χ4n) is 0.726. The zero-order valence-corrected chi connectivity index (χ0v) is 9.00. The highest BCUT2D eigenvalue weighted by molar-refractivity contribution is 14.1. The summed E-state index contributed by atoms with van der Waals surface area (Å²) in [4.78, 5) is 0. The second-order valence-electron chi connectivity index (χ2n) is 2.27. The van der Waals surface area contributed by atoms with Gasteiger partial charge < -0.3 is 10.6 Å². The van der Waals surface area contributed by atoms with Gasteiger partial charge in [0.25, 0.3) is 0 Å². The van der Waals surface area contributed by atoms with E-state index in [0.29, 0.717) is 0 Å². The van der Waals surface area contributed by atoms with Gasteiger partial charge in [0.05, 0.1) is 0 Å². The molecule has 0 amide bonds. The molecule has 0 fully saturated rings. The van der Waals surface area contributed by atoms with E-state index in [1.54, 1.807) is 0 Å². The third kappa shape index (κ3) is 3.31. The van der Waals surface area contributed by atoms with Crippen LogP contribution in [0.3, 0.4) is 0 Å². The number of aromatic nitrogens is 2. The lowest BCUT2D eigenvalue weighted by Gasteiger charge is -2.02. The van der Waals surface area contributed by atoms with Crippen LogP contribution >= 0.6 is 22.6 Å². The number of rotatable bonds is 4. The number of hydrogen-bond acceptors (Lipinski definition) is 4. The topological polar surface area (TPSA) is 49.8 Å². The van der Waals surface area contributed by atoms with Gasteiger partial charge in [-0.15, -0.1) is 10.2 Å². The van der Waals surface area contributed by atoms with Crippen LogP contribution in [0.25, 0.3) is 0 Å². The molecule has 0 bridgehead atoms. The van der Waals surface area contributed by atoms with Crippen LogP contribution in [0.4, 0.5) is 5.82 Å². The first kappa shape index (κ1) is 9.66. The maximum absolute atomic E-state index is 3.95. The molecule has 0 aromatic carbocycles. The molecular weight excluding hydrogens is 267 g/mol. The molecule has 0 aliphatic rings. The molecule has 0 radical (unpaired) electrons. The molecule has 12 heavy (non-hydrogen) atoms. The smallest absolute Gasteiger partial charge is 0.148 e. The van der Waals surface area contributed by atoms with Crippen LogP contribution < -0.4 is 10.6 Å². The van der Waals surface area contributed by atoms with E-state index >= 15 is 0 Å². The molecule has 0 saturated heterocycles. The summed E-state index contributed by atoms with van der Waals surface area (Å²) in [6.45, 7) is 1.79. The highest BCUT2D eigenvalue weighted by Crippen LogP contribution is 2.02. The zero-order chi connectivity index (χ0) is 8.81. The Bertz CT molecular complexity index is 223. The number of nitrogens with one attached hydrogen (secondary N) is 2. The van der Waals surface area contributed by atoms with Crippen LogP contribution in [0.5, 0.6) is 0 Å². The first-order valence-electron chi connectivity index (χ1n) is 3.70. The number of likely N-dealkylation sites (N-methyl/N-ethyl adjacent to an activating group) is 1. The third-order valence-corrected chi connectivity index (χ3v) is 1.89. The van der Waals surface area contributed by atoms with Gasteiger partial charge in [-0.25, -0.2) is 0 Å². The van der Waals surface area contributed by atoms with Crippen LogP contribution in [0.2, 0.25) is 0 Å². The lowest BCUT2D eigenvalue weighted by molar-refractivity contribution is 0.817. The molecule has 2 N–H and O–H groups in total. The molecule has 0 aliphatic carbocycles. The summed E-state index contributed by atoms with van der Waals surface area (Å²) < 4.78 is 0.909. The summed E-state index contributed by atoms with van der Waals surface area (Å²) in [5, 5.41) is 14.0. The van der Waals surface area contributed by atoms with Gasteiger partial charge in [0.15, 0.2) is 0 Å². The molecule has 1 heterocycles. The Morgan fingerprint density at radius 1 is 1.33 bits per heavy atom. The van der Waals surface area contributed by atoms with E-state index in [1.165, 1.54) is 0 Å². The molecule has 1 aromatic rings. The van der Waals surface area contributed by atoms with Crippen molar-refractivity contribution in [3.63, 3.8) is 0 Å². The monoisotopic (exact) mass is 278 g/mol. The first-order valence-corrected chi connectivity index (χ1v) is 4.78. The first-order chi connectivity index (χ1) is 5.83. The van der Waals surface area contributed by atoms with Crippen molar-refractivity contribution in [2.45, 2.75) is 0 Å².